The van der Waals surface area contributed by atoms with Gasteiger partial charge in [0.1, 0.15) is 5.82 Å². The Kier molecular flexibility index (Phi) is 4.81. The number of nitrogens with zero attached hydrogens (tertiary/aromatic N) is 1. The number of rotatable bonds is 5. The zero-order chi connectivity index (χ0) is 14.5. The van der Waals surface area contributed by atoms with Gasteiger partial charge in [-0.1, -0.05) is 15.9 Å². The molecule has 0 spiro atoms. The van der Waals surface area contributed by atoms with Crippen molar-refractivity contribution in [1.82, 2.24) is 10.3 Å². The average molecular weight is 339 g/mol. The quantitative estimate of drug-likeness (QED) is 0.879. The summed E-state index contributed by atoms with van der Waals surface area (Å²) >= 11 is 3.35. The van der Waals surface area contributed by atoms with E-state index in [-0.39, 0.29) is 11.4 Å². The van der Waals surface area contributed by atoms with Gasteiger partial charge in [0, 0.05) is 23.8 Å². The summed E-state index contributed by atoms with van der Waals surface area (Å²) in [7, 11) is 0. The molecule has 2 rings (SSSR count). The number of aromatic nitrogens is 1. The highest BCUT2D eigenvalue weighted by Crippen LogP contribution is 2.17. The highest BCUT2D eigenvalue weighted by Gasteiger charge is 2.04. The van der Waals surface area contributed by atoms with Gasteiger partial charge in [-0.3, -0.25) is 4.98 Å². The first kappa shape index (κ1) is 14.6. The van der Waals surface area contributed by atoms with Crippen LogP contribution in [0.3, 0.4) is 0 Å². The number of carboxylic acid groups (broad SMARTS) is 1. The largest absolute Gasteiger partial charge is 0.478 e. The minimum atomic E-state index is -0.999. The second kappa shape index (κ2) is 6.58. The Morgan fingerprint density at radius 3 is 2.75 bits per heavy atom. The molecule has 0 bridgehead atoms. The summed E-state index contributed by atoms with van der Waals surface area (Å²) in [5.74, 6) is -1.28. The van der Waals surface area contributed by atoms with Gasteiger partial charge in [0.25, 0.3) is 0 Å². The smallest absolute Gasteiger partial charge is 0.337 e. The molecule has 0 aliphatic carbocycles. The Morgan fingerprint density at radius 2 is 2.10 bits per heavy atom. The van der Waals surface area contributed by atoms with E-state index in [1.54, 1.807) is 12.1 Å². The maximum absolute atomic E-state index is 13.1. The summed E-state index contributed by atoms with van der Waals surface area (Å²) < 4.78 is 13.9. The van der Waals surface area contributed by atoms with Gasteiger partial charge >= 0.3 is 5.97 Å². The van der Waals surface area contributed by atoms with Crippen molar-refractivity contribution >= 4 is 21.9 Å². The molecule has 1 aromatic heterocycles. The third-order valence-electron chi connectivity index (χ3n) is 2.70. The first-order chi connectivity index (χ1) is 9.56. The molecule has 0 fully saturated rings. The minimum Gasteiger partial charge on any atom is -0.478 e. The van der Waals surface area contributed by atoms with Gasteiger partial charge in [0.05, 0.1) is 11.3 Å². The molecule has 104 valence electrons. The van der Waals surface area contributed by atoms with Crippen molar-refractivity contribution in [3.05, 3.63) is 63.6 Å². The molecule has 0 aliphatic rings. The predicted molar refractivity (Wildman–Crippen MR) is 75.8 cm³/mol. The van der Waals surface area contributed by atoms with E-state index in [0.717, 1.165) is 15.7 Å². The molecular formula is C14H12BrFN2O2. The molecule has 2 aromatic rings. The van der Waals surface area contributed by atoms with E-state index in [1.807, 2.05) is 0 Å². The number of aromatic carboxylic acids is 1. The van der Waals surface area contributed by atoms with Crippen molar-refractivity contribution in [1.29, 1.82) is 0 Å². The maximum atomic E-state index is 13.1. The first-order valence-electron chi connectivity index (χ1n) is 5.89. The maximum Gasteiger partial charge on any atom is 0.337 e. The van der Waals surface area contributed by atoms with Crippen LogP contribution in [-0.4, -0.2) is 16.1 Å². The van der Waals surface area contributed by atoms with E-state index in [9.17, 15) is 9.18 Å². The number of pyridine rings is 1. The van der Waals surface area contributed by atoms with E-state index >= 15 is 0 Å². The van der Waals surface area contributed by atoms with Gasteiger partial charge in [-0.05, 0) is 35.9 Å². The summed E-state index contributed by atoms with van der Waals surface area (Å²) in [5, 5.41) is 11.9. The molecule has 4 nitrogen and oxygen atoms in total. The van der Waals surface area contributed by atoms with Crippen molar-refractivity contribution in [2.45, 2.75) is 13.1 Å². The monoisotopic (exact) mass is 338 g/mol. The van der Waals surface area contributed by atoms with Crippen LogP contribution in [0.5, 0.6) is 0 Å². The molecule has 0 unspecified atom stereocenters. The van der Waals surface area contributed by atoms with Gasteiger partial charge in [-0.2, -0.15) is 0 Å². The summed E-state index contributed by atoms with van der Waals surface area (Å²) in [6.07, 6.45) is 1.32. The third kappa shape index (κ3) is 3.85. The topological polar surface area (TPSA) is 62.2 Å². The van der Waals surface area contributed by atoms with Crippen LogP contribution in [0.15, 0.2) is 41.0 Å². The Bertz CT molecular complexity index is 617. The molecule has 1 aromatic carbocycles. The fraction of sp³-hybridized carbons (Fsp3) is 0.143. The van der Waals surface area contributed by atoms with E-state index in [0.29, 0.717) is 13.1 Å². The molecule has 20 heavy (non-hydrogen) atoms. The number of halogens is 2. The normalized spacial score (nSPS) is 10.5. The molecule has 2 N–H and O–H groups in total. The van der Waals surface area contributed by atoms with Gasteiger partial charge in [0.15, 0.2) is 0 Å². The van der Waals surface area contributed by atoms with Crippen LogP contribution in [-0.2, 0) is 13.1 Å². The molecule has 0 amide bonds. The molecule has 0 saturated carbocycles. The molecule has 0 aliphatic heterocycles. The average Bonchev–Trinajstić information content (AvgIpc) is 2.43. The number of carbonyl (C=O) groups is 1. The lowest BCUT2D eigenvalue weighted by atomic mass is 10.2. The van der Waals surface area contributed by atoms with Gasteiger partial charge in [-0.25, -0.2) is 9.18 Å². The zero-order valence-corrected chi connectivity index (χ0v) is 12.0. The first-order valence-corrected chi connectivity index (χ1v) is 6.68. The zero-order valence-electron chi connectivity index (χ0n) is 10.4. The highest BCUT2D eigenvalue weighted by molar-refractivity contribution is 9.10. The molecule has 0 radical (unpaired) electrons. The van der Waals surface area contributed by atoms with Crippen molar-refractivity contribution < 1.29 is 14.3 Å². The predicted octanol–water partition coefficient (Wildman–Crippen LogP) is 2.97. The highest BCUT2D eigenvalue weighted by atomic mass is 79.9. The van der Waals surface area contributed by atoms with Crippen molar-refractivity contribution in [3.8, 4) is 0 Å². The molecule has 0 atom stereocenters. The Balaban J connectivity index is 1.92. The van der Waals surface area contributed by atoms with E-state index in [1.165, 1.54) is 24.4 Å². The summed E-state index contributed by atoms with van der Waals surface area (Å²) in [6.45, 7) is 0.962. The lowest BCUT2D eigenvalue weighted by Crippen LogP contribution is -2.14. The molecule has 6 heteroatoms. The fourth-order valence-corrected chi connectivity index (χ4v) is 2.05. The summed E-state index contributed by atoms with van der Waals surface area (Å²) in [4.78, 5) is 14.7. The van der Waals surface area contributed by atoms with Crippen molar-refractivity contribution in [2.24, 2.45) is 0 Å². The van der Waals surface area contributed by atoms with E-state index in [4.69, 9.17) is 5.11 Å². The Morgan fingerprint density at radius 1 is 1.30 bits per heavy atom. The lowest BCUT2D eigenvalue weighted by Gasteiger charge is -2.07. The standard InChI is InChI=1S/C14H12BrFN2O2/c15-13-4-2-11(16)5-10(13)6-17-8-12-3-1-9(7-18-12)14(19)20/h1-5,7,17H,6,8H2,(H,19,20). The Labute approximate surface area is 123 Å². The van der Waals surface area contributed by atoms with Crippen LogP contribution in [0.4, 0.5) is 4.39 Å². The van der Waals surface area contributed by atoms with Crippen molar-refractivity contribution in [3.63, 3.8) is 0 Å². The van der Waals surface area contributed by atoms with Crippen molar-refractivity contribution in [2.75, 3.05) is 0 Å². The minimum absolute atomic E-state index is 0.154. The van der Waals surface area contributed by atoms with E-state index < -0.39 is 5.97 Å². The fourth-order valence-electron chi connectivity index (χ4n) is 1.66. The van der Waals surface area contributed by atoms with Gasteiger partial charge in [-0.15, -0.1) is 0 Å². The van der Waals surface area contributed by atoms with Crippen LogP contribution < -0.4 is 5.32 Å². The second-order valence-corrected chi connectivity index (χ2v) is 5.04. The number of benzene rings is 1. The van der Waals surface area contributed by atoms with Crippen LogP contribution in [0.25, 0.3) is 0 Å². The SMILES string of the molecule is O=C(O)c1ccc(CNCc2cc(F)ccc2Br)nc1. The van der Waals surface area contributed by atoms with E-state index in [2.05, 4.69) is 26.2 Å². The van der Waals surface area contributed by atoms with Crippen LogP contribution in [0.1, 0.15) is 21.6 Å². The molecular weight excluding hydrogens is 327 g/mol. The molecule has 0 saturated heterocycles. The summed E-state index contributed by atoms with van der Waals surface area (Å²) in [6, 6.07) is 7.66. The van der Waals surface area contributed by atoms with Crippen LogP contribution >= 0.6 is 15.9 Å². The lowest BCUT2D eigenvalue weighted by molar-refractivity contribution is 0.0696. The number of carboxylic acids is 1. The summed E-state index contributed by atoms with van der Waals surface area (Å²) in [5.41, 5.74) is 1.69. The number of hydrogen-bond donors (Lipinski definition) is 2. The Hall–Kier alpha value is -1.79. The van der Waals surface area contributed by atoms with Crippen LogP contribution in [0, 0.1) is 5.82 Å². The third-order valence-corrected chi connectivity index (χ3v) is 3.47. The van der Waals surface area contributed by atoms with Gasteiger partial charge in [0.2, 0.25) is 0 Å². The molecule has 1 heterocycles. The van der Waals surface area contributed by atoms with Gasteiger partial charge < -0.3 is 10.4 Å². The number of hydrogen-bond acceptors (Lipinski definition) is 3. The second-order valence-electron chi connectivity index (χ2n) is 4.18. The number of nitrogens with one attached hydrogen (secondary N) is 1. The van der Waals surface area contributed by atoms with Crippen LogP contribution in [0.2, 0.25) is 0 Å².